The Labute approximate surface area is 156 Å². The summed E-state index contributed by atoms with van der Waals surface area (Å²) >= 11 is 0. The van der Waals surface area contributed by atoms with E-state index in [9.17, 15) is 14.0 Å². The number of rotatable bonds is 4. The third-order valence-electron chi connectivity index (χ3n) is 4.19. The van der Waals surface area contributed by atoms with E-state index in [1.54, 1.807) is 41.0 Å². The van der Waals surface area contributed by atoms with E-state index >= 15 is 0 Å². The van der Waals surface area contributed by atoms with Gasteiger partial charge in [-0.1, -0.05) is 6.07 Å². The number of hydrogen-bond acceptors (Lipinski definition) is 5. The van der Waals surface area contributed by atoms with Crippen LogP contribution in [0.4, 0.5) is 20.6 Å². The molecule has 8 heteroatoms. The SMILES string of the molecule is CCOC(=O)N1CCN(C(=O)c2cc(Nc3cccc(F)c3)ccn2)CC1. The molecule has 0 saturated carbocycles. The lowest BCUT2D eigenvalue weighted by Gasteiger charge is -2.33. The molecule has 7 nitrogen and oxygen atoms in total. The molecule has 0 atom stereocenters. The van der Waals surface area contributed by atoms with Crippen molar-refractivity contribution in [1.29, 1.82) is 0 Å². The molecule has 1 N–H and O–H groups in total. The molecule has 2 amide bonds. The van der Waals surface area contributed by atoms with Crippen molar-refractivity contribution in [3.8, 4) is 0 Å². The lowest BCUT2D eigenvalue weighted by Crippen LogP contribution is -2.50. The minimum Gasteiger partial charge on any atom is -0.450 e. The maximum atomic E-state index is 13.3. The van der Waals surface area contributed by atoms with E-state index < -0.39 is 0 Å². The van der Waals surface area contributed by atoms with Crippen molar-refractivity contribution < 1.29 is 18.7 Å². The number of piperazine rings is 1. The molecule has 0 radical (unpaired) electrons. The zero-order valence-electron chi connectivity index (χ0n) is 15.0. The Morgan fingerprint density at radius 3 is 2.52 bits per heavy atom. The normalized spacial score (nSPS) is 14.0. The number of pyridine rings is 1. The highest BCUT2D eigenvalue weighted by Crippen LogP contribution is 2.18. The Morgan fingerprint density at radius 1 is 1.11 bits per heavy atom. The average Bonchev–Trinajstić information content (AvgIpc) is 2.68. The van der Waals surface area contributed by atoms with Gasteiger partial charge in [0.05, 0.1) is 6.61 Å². The number of nitrogens with one attached hydrogen (secondary N) is 1. The summed E-state index contributed by atoms with van der Waals surface area (Å²) in [4.78, 5) is 31.8. The maximum absolute atomic E-state index is 13.3. The molecule has 1 aliphatic heterocycles. The van der Waals surface area contributed by atoms with Crippen LogP contribution in [0.15, 0.2) is 42.6 Å². The van der Waals surface area contributed by atoms with Crippen LogP contribution in [0.1, 0.15) is 17.4 Å². The summed E-state index contributed by atoms with van der Waals surface area (Å²) in [6.45, 7) is 3.76. The van der Waals surface area contributed by atoms with Crippen LogP contribution in [0.5, 0.6) is 0 Å². The van der Waals surface area contributed by atoms with Gasteiger partial charge in [-0.25, -0.2) is 9.18 Å². The summed E-state index contributed by atoms with van der Waals surface area (Å²) in [5.41, 5.74) is 1.52. The molecular weight excluding hydrogens is 351 g/mol. The number of benzene rings is 1. The number of carbonyl (C=O) groups is 2. The van der Waals surface area contributed by atoms with Crippen molar-refractivity contribution >= 4 is 23.4 Å². The first-order chi connectivity index (χ1) is 13.1. The van der Waals surface area contributed by atoms with Gasteiger partial charge in [-0.2, -0.15) is 0 Å². The van der Waals surface area contributed by atoms with E-state index in [1.165, 1.54) is 18.3 Å². The Hall–Kier alpha value is -3.16. The van der Waals surface area contributed by atoms with E-state index in [0.29, 0.717) is 49.9 Å². The van der Waals surface area contributed by atoms with E-state index in [0.717, 1.165) is 0 Å². The van der Waals surface area contributed by atoms with Crippen LogP contribution >= 0.6 is 0 Å². The second kappa shape index (κ2) is 8.48. The molecule has 0 bridgehead atoms. The molecule has 0 aliphatic carbocycles. The largest absolute Gasteiger partial charge is 0.450 e. The minimum atomic E-state index is -0.357. The van der Waals surface area contributed by atoms with Crippen LogP contribution in [-0.2, 0) is 4.74 Å². The quantitative estimate of drug-likeness (QED) is 0.893. The molecule has 1 saturated heterocycles. The Bertz CT molecular complexity index is 822. The van der Waals surface area contributed by atoms with Gasteiger partial charge < -0.3 is 19.9 Å². The Kier molecular flexibility index (Phi) is 5.85. The number of amides is 2. The molecule has 1 aliphatic rings. The van der Waals surface area contributed by atoms with E-state index in [2.05, 4.69) is 10.3 Å². The summed E-state index contributed by atoms with van der Waals surface area (Å²) in [5.74, 6) is -0.550. The summed E-state index contributed by atoms with van der Waals surface area (Å²) in [6, 6.07) is 9.41. The molecular formula is C19H21FN4O3. The van der Waals surface area contributed by atoms with Crippen LogP contribution in [0.25, 0.3) is 0 Å². The van der Waals surface area contributed by atoms with Gasteiger partial charge in [-0.3, -0.25) is 9.78 Å². The van der Waals surface area contributed by atoms with Gasteiger partial charge >= 0.3 is 6.09 Å². The highest BCUT2D eigenvalue weighted by atomic mass is 19.1. The molecule has 1 aromatic carbocycles. The monoisotopic (exact) mass is 372 g/mol. The van der Waals surface area contributed by atoms with Crippen LogP contribution in [0, 0.1) is 5.82 Å². The molecule has 27 heavy (non-hydrogen) atoms. The molecule has 2 aromatic rings. The molecule has 3 rings (SSSR count). The van der Waals surface area contributed by atoms with Gasteiger partial charge in [0.25, 0.3) is 5.91 Å². The Balaban J connectivity index is 1.63. The van der Waals surface area contributed by atoms with Crippen molar-refractivity contribution in [3.05, 3.63) is 54.1 Å². The fourth-order valence-electron chi connectivity index (χ4n) is 2.83. The lowest BCUT2D eigenvalue weighted by atomic mass is 10.2. The van der Waals surface area contributed by atoms with Gasteiger partial charge in [-0.05, 0) is 37.3 Å². The lowest BCUT2D eigenvalue weighted by molar-refractivity contribution is 0.0566. The molecule has 142 valence electrons. The smallest absolute Gasteiger partial charge is 0.409 e. The standard InChI is InChI=1S/C19H21FN4O3/c1-2-27-19(26)24-10-8-23(9-11-24)18(25)17-13-16(6-7-21-17)22-15-5-3-4-14(20)12-15/h3-7,12-13H,2,8-11H2,1H3,(H,21,22). The van der Waals surface area contributed by atoms with Crippen molar-refractivity contribution in [2.75, 3.05) is 38.1 Å². The van der Waals surface area contributed by atoms with Crippen molar-refractivity contribution in [2.45, 2.75) is 6.92 Å². The van der Waals surface area contributed by atoms with E-state index in [1.807, 2.05) is 0 Å². The third-order valence-corrected chi connectivity index (χ3v) is 4.19. The van der Waals surface area contributed by atoms with Crippen LogP contribution in [0.2, 0.25) is 0 Å². The van der Waals surface area contributed by atoms with E-state index in [4.69, 9.17) is 4.74 Å². The minimum absolute atomic E-state index is 0.207. The predicted molar refractivity (Wildman–Crippen MR) is 98.4 cm³/mol. The summed E-state index contributed by atoms with van der Waals surface area (Å²) in [6.07, 6.45) is 1.17. The van der Waals surface area contributed by atoms with Gasteiger partial charge in [-0.15, -0.1) is 0 Å². The van der Waals surface area contributed by atoms with Gasteiger partial charge in [0.2, 0.25) is 0 Å². The van der Waals surface area contributed by atoms with Gasteiger partial charge in [0.15, 0.2) is 0 Å². The maximum Gasteiger partial charge on any atom is 0.409 e. The molecule has 2 heterocycles. The highest BCUT2D eigenvalue weighted by Gasteiger charge is 2.26. The number of hydrogen-bond donors (Lipinski definition) is 1. The zero-order valence-corrected chi connectivity index (χ0v) is 15.0. The predicted octanol–water partition coefficient (Wildman–Crippen LogP) is 2.88. The third kappa shape index (κ3) is 4.72. The number of ether oxygens (including phenoxy) is 1. The number of nitrogens with zero attached hydrogens (tertiary/aromatic N) is 3. The first-order valence-electron chi connectivity index (χ1n) is 8.76. The fourth-order valence-corrected chi connectivity index (χ4v) is 2.83. The van der Waals surface area contributed by atoms with Crippen LogP contribution < -0.4 is 5.32 Å². The van der Waals surface area contributed by atoms with Gasteiger partial charge in [0.1, 0.15) is 11.5 Å². The zero-order chi connectivity index (χ0) is 19.2. The highest BCUT2D eigenvalue weighted by molar-refractivity contribution is 5.93. The van der Waals surface area contributed by atoms with E-state index in [-0.39, 0.29) is 17.8 Å². The first kappa shape index (κ1) is 18.6. The molecule has 0 unspecified atom stereocenters. The summed E-state index contributed by atoms with van der Waals surface area (Å²) in [7, 11) is 0. The summed E-state index contributed by atoms with van der Waals surface area (Å²) < 4.78 is 18.3. The number of halogens is 1. The first-order valence-corrected chi connectivity index (χ1v) is 8.76. The molecule has 1 aromatic heterocycles. The van der Waals surface area contributed by atoms with Gasteiger partial charge in [0, 0.05) is 43.8 Å². The average molecular weight is 372 g/mol. The van der Waals surface area contributed by atoms with Crippen molar-refractivity contribution in [2.24, 2.45) is 0 Å². The fraction of sp³-hybridized carbons (Fsp3) is 0.316. The second-order valence-electron chi connectivity index (χ2n) is 6.04. The molecule has 1 fully saturated rings. The number of anilines is 2. The van der Waals surface area contributed by atoms with Crippen LogP contribution in [0.3, 0.4) is 0 Å². The van der Waals surface area contributed by atoms with Crippen molar-refractivity contribution in [1.82, 2.24) is 14.8 Å². The topological polar surface area (TPSA) is 74.8 Å². The van der Waals surface area contributed by atoms with Crippen LogP contribution in [-0.4, -0.2) is 59.6 Å². The molecule has 0 spiro atoms. The summed E-state index contributed by atoms with van der Waals surface area (Å²) in [5, 5.41) is 3.06. The Morgan fingerprint density at radius 2 is 1.81 bits per heavy atom. The van der Waals surface area contributed by atoms with Crippen molar-refractivity contribution in [3.63, 3.8) is 0 Å². The number of aromatic nitrogens is 1. The second-order valence-corrected chi connectivity index (χ2v) is 6.04. The number of carbonyl (C=O) groups excluding carboxylic acids is 2.